The number of thiocarbonyl (C=S) groups is 1. The Labute approximate surface area is 166 Å². The minimum Gasteiger partial charge on any atom is -0.495 e. The molecule has 0 aromatic heterocycles. The van der Waals surface area contributed by atoms with Crippen LogP contribution in [0.15, 0.2) is 47.4 Å². The van der Waals surface area contributed by atoms with Gasteiger partial charge in [-0.1, -0.05) is 47.7 Å². The van der Waals surface area contributed by atoms with Gasteiger partial charge >= 0.3 is 0 Å². The summed E-state index contributed by atoms with van der Waals surface area (Å²) in [5, 5.41) is 0.569. The number of rotatable bonds is 5. The summed E-state index contributed by atoms with van der Waals surface area (Å²) in [4.78, 5) is 14.9. The fraction of sp³-hybridized carbons (Fsp3) is 0.158. The second kappa shape index (κ2) is 8.12. The van der Waals surface area contributed by atoms with E-state index in [0.717, 1.165) is 5.56 Å². The smallest absolute Gasteiger partial charge is 0.270 e. The second-order valence-corrected chi connectivity index (χ2v) is 7.42. The number of amides is 1. The minimum absolute atomic E-state index is 0.202. The van der Waals surface area contributed by atoms with Gasteiger partial charge < -0.3 is 9.47 Å². The lowest BCUT2D eigenvalue weighted by atomic mass is 10.1. The third-order valence-electron chi connectivity index (χ3n) is 3.68. The number of ether oxygens (including phenoxy) is 2. The zero-order valence-corrected chi connectivity index (χ0v) is 16.6. The average molecular weight is 406 g/mol. The van der Waals surface area contributed by atoms with E-state index in [1.807, 2.05) is 19.1 Å². The summed E-state index contributed by atoms with van der Waals surface area (Å²) in [6.07, 6.45) is 1.76. The highest BCUT2D eigenvalue weighted by atomic mass is 35.5. The topological polar surface area (TPSA) is 38.8 Å². The van der Waals surface area contributed by atoms with Crippen LogP contribution in [0.25, 0.3) is 6.08 Å². The largest absolute Gasteiger partial charge is 0.495 e. The Morgan fingerprint density at radius 1 is 1.23 bits per heavy atom. The molecule has 0 N–H and O–H groups in total. The molecule has 1 aliphatic heterocycles. The highest BCUT2D eigenvalue weighted by Gasteiger charge is 2.35. The number of carbonyl (C=O) groups excluding carboxylic acids is 1. The number of para-hydroxylation sites is 2. The molecule has 0 bridgehead atoms. The molecule has 2 aromatic carbocycles. The quantitative estimate of drug-likeness (QED) is 0.508. The fourth-order valence-corrected chi connectivity index (χ4v) is 4.01. The molecule has 0 spiro atoms. The SMILES string of the molecule is CCOc1ccc(Cl)cc1C=C1SC(=S)N(c2ccccc2OC)C1=O. The molecule has 26 heavy (non-hydrogen) atoms. The third-order valence-corrected chi connectivity index (χ3v) is 5.22. The van der Waals surface area contributed by atoms with Gasteiger partial charge in [0.15, 0.2) is 4.32 Å². The van der Waals surface area contributed by atoms with Gasteiger partial charge in [0.25, 0.3) is 5.91 Å². The molecule has 1 aliphatic rings. The molecular formula is C19H16ClNO3S2. The third kappa shape index (κ3) is 3.72. The van der Waals surface area contributed by atoms with Crippen molar-refractivity contribution in [2.75, 3.05) is 18.6 Å². The van der Waals surface area contributed by atoms with Crippen LogP contribution in [0.1, 0.15) is 12.5 Å². The summed E-state index contributed by atoms with van der Waals surface area (Å²) in [7, 11) is 1.56. The summed E-state index contributed by atoms with van der Waals surface area (Å²) in [5.41, 5.74) is 1.36. The molecule has 2 aromatic rings. The Morgan fingerprint density at radius 2 is 2.00 bits per heavy atom. The van der Waals surface area contributed by atoms with E-state index in [0.29, 0.717) is 38.0 Å². The first-order valence-corrected chi connectivity index (χ1v) is 9.48. The Balaban J connectivity index is 1.99. The summed E-state index contributed by atoms with van der Waals surface area (Å²) < 4.78 is 11.4. The van der Waals surface area contributed by atoms with E-state index < -0.39 is 0 Å². The molecule has 1 saturated heterocycles. The molecule has 0 atom stereocenters. The maximum Gasteiger partial charge on any atom is 0.270 e. The molecule has 4 nitrogen and oxygen atoms in total. The lowest BCUT2D eigenvalue weighted by Gasteiger charge is -2.17. The number of halogens is 1. The molecule has 1 heterocycles. The minimum atomic E-state index is -0.202. The van der Waals surface area contributed by atoms with Crippen molar-refractivity contribution in [3.63, 3.8) is 0 Å². The number of hydrogen-bond acceptors (Lipinski definition) is 5. The van der Waals surface area contributed by atoms with Crippen LogP contribution in [0, 0.1) is 0 Å². The van der Waals surface area contributed by atoms with Gasteiger partial charge in [-0.15, -0.1) is 0 Å². The molecular weight excluding hydrogens is 390 g/mol. The number of methoxy groups -OCH3 is 1. The van der Waals surface area contributed by atoms with Crippen molar-refractivity contribution in [2.24, 2.45) is 0 Å². The second-order valence-electron chi connectivity index (χ2n) is 5.30. The van der Waals surface area contributed by atoms with E-state index in [1.54, 1.807) is 43.5 Å². The number of benzene rings is 2. The zero-order valence-electron chi connectivity index (χ0n) is 14.2. The van der Waals surface area contributed by atoms with Crippen molar-refractivity contribution >= 4 is 57.6 Å². The van der Waals surface area contributed by atoms with Gasteiger partial charge in [-0.25, -0.2) is 0 Å². The van der Waals surface area contributed by atoms with Gasteiger partial charge in [0.2, 0.25) is 0 Å². The van der Waals surface area contributed by atoms with Crippen LogP contribution < -0.4 is 14.4 Å². The zero-order chi connectivity index (χ0) is 18.7. The van der Waals surface area contributed by atoms with Gasteiger partial charge in [0.05, 0.1) is 24.3 Å². The molecule has 3 rings (SSSR count). The summed E-state index contributed by atoms with van der Waals surface area (Å²) >= 11 is 12.8. The van der Waals surface area contributed by atoms with Crippen LogP contribution in [0.2, 0.25) is 5.02 Å². The Bertz CT molecular complexity index is 898. The first-order chi connectivity index (χ1) is 12.5. The number of hydrogen-bond donors (Lipinski definition) is 0. The number of carbonyl (C=O) groups is 1. The van der Waals surface area contributed by atoms with E-state index in [1.165, 1.54) is 16.7 Å². The molecule has 0 unspecified atom stereocenters. The normalized spacial score (nSPS) is 15.7. The number of nitrogens with zero attached hydrogens (tertiary/aromatic N) is 1. The lowest BCUT2D eigenvalue weighted by molar-refractivity contribution is -0.113. The van der Waals surface area contributed by atoms with Gasteiger partial charge in [-0.3, -0.25) is 9.69 Å². The summed E-state index contributed by atoms with van der Waals surface area (Å²) in [6, 6.07) is 12.6. The van der Waals surface area contributed by atoms with Crippen molar-refractivity contribution in [1.29, 1.82) is 0 Å². The average Bonchev–Trinajstić information content (AvgIpc) is 2.91. The van der Waals surface area contributed by atoms with Crippen molar-refractivity contribution in [1.82, 2.24) is 0 Å². The van der Waals surface area contributed by atoms with Gasteiger partial charge in [0.1, 0.15) is 11.5 Å². The van der Waals surface area contributed by atoms with Gasteiger partial charge in [-0.05, 0) is 43.3 Å². The van der Waals surface area contributed by atoms with Crippen LogP contribution >= 0.6 is 35.6 Å². The van der Waals surface area contributed by atoms with Crippen LogP contribution in [0.4, 0.5) is 5.69 Å². The van der Waals surface area contributed by atoms with Crippen molar-refractivity contribution in [2.45, 2.75) is 6.92 Å². The highest BCUT2D eigenvalue weighted by molar-refractivity contribution is 8.27. The van der Waals surface area contributed by atoms with E-state index in [9.17, 15) is 4.79 Å². The van der Waals surface area contributed by atoms with Gasteiger partial charge in [0, 0.05) is 10.6 Å². The predicted molar refractivity (Wildman–Crippen MR) is 111 cm³/mol. The maximum atomic E-state index is 13.0. The summed E-state index contributed by atoms with van der Waals surface area (Å²) in [6.45, 7) is 2.42. The number of anilines is 1. The van der Waals surface area contributed by atoms with E-state index in [-0.39, 0.29) is 5.91 Å². The molecule has 1 fully saturated rings. The molecule has 7 heteroatoms. The van der Waals surface area contributed by atoms with Crippen molar-refractivity contribution < 1.29 is 14.3 Å². The Morgan fingerprint density at radius 3 is 2.73 bits per heavy atom. The lowest BCUT2D eigenvalue weighted by Crippen LogP contribution is -2.27. The highest BCUT2D eigenvalue weighted by Crippen LogP contribution is 2.40. The molecule has 0 radical (unpaired) electrons. The standard InChI is InChI=1S/C19H16ClNO3S2/c1-3-24-15-9-8-13(20)10-12(15)11-17-18(22)21(19(25)26-17)14-6-4-5-7-16(14)23-2/h4-11H,3H2,1-2H3. The van der Waals surface area contributed by atoms with Crippen LogP contribution in [-0.4, -0.2) is 23.9 Å². The van der Waals surface area contributed by atoms with Crippen LogP contribution in [0.5, 0.6) is 11.5 Å². The van der Waals surface area contributed by atoms with E-state index in [2.05, 4.69) is 0 Å². The molecule has 1 amide bonds. The monoisotopic (exact) mass is 405 g/mol. The van der Waals surface area contributed by atoms with Gasteiger partial charge in [-0.2, -0.15) is 0 Å². The van der Waals surface area contributed by atoms with Crippen molar-refractivity contribution in [3.05, 3.63) is 58.0 Å². The van der Waals surface area contributed by atoms with E-state index in [4.69, 9.17) is 33.3 Å². The first-order valence-electron chi connectivity index (χ1n) is 7.88. The van der Waals surface area contributed by atoms with E-state index >= 15 is 0 Å². The number of thioether (sulfide) groups is 1. The van der Waals surface area contributed by atoms with Crippen LogP contribution in [0.3, 0.4) is 0 Å². The Hall–Kier alpha value is -2.02. The first kappa shape index (κ1) is 18.8. The fourth-order valence-electron chi connectivity index (χ4n) is 2.55. The summed E-state index contributed by atoms with van der Waals surface area (Å²) in [5.74, 6) is 1.05. The van der Waals surface area contributed by atoms with Crippen molar-refractivity contribution in [3.8, 4) is 11.5 Å². The predicted octanol–water partition coefficient (Wildman–Crippen LogP) is 5.15. The molecule has 134 valence electrons. The molecule has 0 aliphatic carbocycles. The van der Waals surface area contributed by atoms with Crippen LogP contribution in [-0.2, 0) is 4.79 Å². The maximum absolute atomic E-state index is 13.0. The molecule has 0 saturated carbocycles. The Kier molecular flexibility index (Phi) is 5.86.